The van der Waals surface area contributed by atoms with Crippen LogP contribution in [0.5, 0.6) is 0 Å². The SMILES string of the molecule is c1cc2ccc1CNCCN1CCNCc3ccc(cc3)CNCCN(CCNC2)CCNCc2ccc(cc2)CNCC1. The molecule has 0 amide bonds. The molecule has 0 radical (unpaired) electrons. The Morgan fingerprint density at radius 1 is 0.273 bits per heavy atom. The van der Waals surface area contributed by atoms with Crippen LogP contribution in [-0.2, 0) is 39.3 Å². The Bertz CT molecular complexity index is 938. The maximum Gasteiger partial charge on any atom is 0.0206 e. The summed E-state index contributed by atoms with van der Waals surface area (Å²) in [5.41, 5.74) is 8.05. The molecule has 8 nitrogen and oxygen atoms in total. The van der Waals surface area contributed by atoms with E-state index < -0.39 is 0 Å². The molecule has 0 atom stereocenters. The molecular formula is C36H54N8. The molecule has 0 spiro atoms. The van der Waals surface area contributed by atoms with Crippen molar-refractivity contribution in [3.63, 3.8) is 0 Å². The fourth-order valence-corrected chi connectivity index (χ4v) is 5.82. The summed E-state index contributed by atoms with van der Waals surface area (Å²) in [6, 6.07) is 27.2. The predicted molar refractivity (Wildman–Crippen MR) is 182 cm³/mol. The summed E-state index contributed by atoms with van der Waals surface area (Å²) in [4.78, 5) is 5.14. The van der Waals surface area contributed by atoms with E-state index in [0.29, 0.717) is 0 Å². The topological polar surface area (TPSA) is 78.7 Å². The van der Waals surface area contributed by atoms with Crippen molar-refractivity contribution in [2.24, 2.45) is 0 Å². The third-order valence-corrected chi connectivity index (χ3v) is 8.67. The summed E-state index contributed by atoms with van der Waals surface area (Å²) in [7, 11) is 0. The average molecular weight is 599 g/mol. The van der Waals surface area contributed by atoms with Gasteiger partial charge in [-0.15, -0.1) is 0 Å². The van der Waals surface area contributed by atoms with Crippen LogP contribution in [0.15, 0.2) is 72.8 Å². The molecule has 6 N–H and O–H groups in total. The molecule has 8 bridgehead atoms. The molecule has 3 aromatic rings. The lowest BCUT2D eigenvalue weighted by Crippen LogP contribution is -2.40. The minimum Gasteiger partial charge on any atom is -0.311 e. The second-order valence-electron chi connectivity index (χ2n) is 12.2. The highest BCUT2D eigenvalue weighted by atomic mass is 15.2. The van der Waals surface area contributed by atoms with Gasteiger partial charge in [0, 0.05) is 118 Å². The molecule has 238 valence electrons. The van der Waals surface area contributed by atoms with E-state index in [2.05, 4.69) is 114 Å². The quantitative estimate of drug-likeness (QED) is 0.236. The molecule has 8 heteroatoms. The zero-order valence-corrected chi connectivity index (χ0v) is 26.6. The van der Waals surface area contributed by atoms with E-state index in [0.717, 1.165) is 118 Å². The van der Waals surface area contributed by atoms with Crippen LogP contribution in [0, 0.1) is 0 Å². The van der Waals surface area contributed by atoms with Crippen molar-refractivity contribution in [3.8, 4) is 0 Å². The first kappa shape index (κ1) is 32.7. The van der Waals surface area contributed by atoms with E-state index in [-0.39, 0.29) is 0 Å². The van der Waals surface area contributed by atoms with Gasteiger partial charge < -0.3 is 31.9 Å². The normalized spacial score (nSPS) is 22.6. The Hall–Kier alpha value is -2.66. The van der Waals surface area contributed by atoms with E-state index in [9.17, 15) is 0 Å². The molecule has 0 saturated heterocycles. The highest BCUT2D eigenvalue weighted by Crippen LogP contribution is 2.07. The molecule has 0 saturated carbocycles. The lowest BCUT2D eigenvalue weighted by Gasteiger charge is -2.24. The maximum atomic E-state index is 3.68. The average Bonchev–Trinajstić information content (AvgIpc) is 3.05. The van der Waals surface area contributed by atoms with Gasteiger partial charge >= 0.3 is 0 Å². The fourth-order valence-electron chi connectivity index (χ4n) is 5.82. The van der Waals surface area contributed by atoms with Crippen molar-refractivity contribution in [2.45, 2.75) is 39.3 Å². The lowest BCUT2D eigenvalue weighted by atomic mass is 10.1. The van der Waals surface area contributed by atoms with E-state index in [1.165, 1.54) is 33.4 Å². The first-order chi connectivity index (χ1) is 21.8. The van der Waals surface area contributed by atoms with Gasteiger partial charge in [0.1, 0.15) is 0 Å². The summed E-state index contributed by atoms with van der Waals surface area (Å²) < 4.78 is 0. The van der Waals surface area contributed by atoms with Crippen LogP contribution in [0.3, 0.4) is 0 Å². The van der Waals surface area contributed by atoms with E-state index in [1.54, 1.807) is 0 Å². The van der Waals surface area contributed by atoms with Gasteiger partial charge in [0.25, 0.3) is 0 Å². The summed E-state index contributed by atoms with van der Waals surface area (Å²) in [6.45, 7) is 17.5. The van der Waals surface area contributed by atoms with Crippen LogP contribution < -0.4 is 31.9 Å². The Kier molecular flexibility index (Phi) is 14.1. The first-order valence-electron chi connectivity index (χ1n) is 16.7. The minimum absolute atomic E-state index is 0.904. The number of hydrogen-bond donors (Lipinski definition) is 6. The molecule has 15 rings (SSSR count). The Balaban J connectivity index is 1.27. The number of hydrogen-bond acceptors (Lipinski definition) is 8. The smallest absolute Gasteiger partial charge is 0.0206 e. The van der Waals surface area contributed by atoms with Gasteiger partial charge in [-0.25, -0.2) is 0 Å². The van der Waals surface area contributed by atoms with Crippen LogP contribution in [0.2, 0.25) is 0 Å². The van der Waals surface area contributed by atoms with Crippen molar-refractivity contribution in [2.75, 3.05) is 78.5 Å². The van der Waals surface area contributed by atoms with E-state index in [1.807, 2.05) is 0 Å². The Labute approximate surface area is 265 Å². The second-order valence-corrected chi connectivity index (χ2v) is 12.2. The monoisotopic (exact) mass is 598 g/mol. The molecule has 0 aromatic heterocycles. The zero-order chi connectivity index (χ0) is 30.1. The number of rotatable bonds is 0. The third-order valence-electron chi connectivity index (χ3n) is 8.67. The van der Waals surface area contributed by atoms with Crippen molar-refractivity contribution < 1.29 is 0 Å². The molecule has 44 heavy (non-hydrogen) atoms. The predicted octanol–water partition coefficient (Wildman–Crippen LogP) is 2.26. The summed E-state index contributed by atoms with van der Waals surface area (Å²) in [6.07, 6.45) is 0. The molecule has 12 aliphatic rings. The molecule has 0 aliphatic carbocycles. The highest BCUT2D eigenvalue weighted by Gasteiger charge is 2.08. The van der Waals surface area contributed by atoms with Crippen molar-refractivity contribution in [3.05, 3.63) is 106 Å². The van der Waals surface area contributed by atoms with E-state index >= 15 is 0 Å². The Morgan fingerprint density at radius 2 is 0.432 bits per heavy atom. The van der Waals surface area contributed by atoms with Crippen LogP contribution >= 0.6 is 0 Å². The summed E-state index contributed by atoms with van der Waals surface area (Å²) in [5.74, 6) is 0. The molecule has 3 aromatic carbocycles. The first-order valence-corrected chi connectivity index (χ1v) is 16.7. The molecular weight excluding hydrogens is 544 g/mol. The maximum absolute atomic E-state index is 3.68. The number of benzene rings is 3. The van der Waals surface area contributed by atoms with Gasteiger partial charge in [0.05, 0.1) is 0 Å². The number of nitrogens with zero attached hydrogens (tertiary/aromatic N) is 2. The summed E-state index contributed by atoms with van der Waals surface area (Å²) in [5, 5.41) is 22.1. The van der Waals surface area contributed by atoms with Crippen LogP contribution in [0.25, 0.3) is 0 Å². The largest absolute Gasteiger partial charge is 0.311 e. The van der Waals surface area contributed by atoms with Gasteiger partial charge in [0.15, 0.2) is 0 Å². The molecule has 12 heterocycles. The summed E-state index contributed by atoms with van der Waals surface area (Å²) >= 11 is 0. The minimum atomic E-state index is 0.904. The highest BCUT2D eigenvalue weighted by molar-refractivity contribution is 5.24. The van der Waals surface area contributed by atoms with Gasteiger partial charge in [-0.1, -0.05) is 72.8 Å². The molecule has 0 unspecified atom stereocenters. The zero-order valence-electron chi connectivity index (χ0n) is 26.6. The number of nitrogens with one attached hydrogen (secondary N) is 6. The van der Waals surface area contributed by atoms with Crippen molar-refractivity contribution in [1.82, 2.24) is 41.7 Å². The van der Waals surface area contributed by atoms with Gasteiger partial charge in [-0.3, -0.25) is 9.80 Å². The lowest BCUT2D eigenvalue weighted by molar-refractivity contribution is 0.271. The molecule has 0 fully saturated rings. The van der Waals surface area contributed by atoms with Crippen molar-refractivity contribution >= 4 is 0 Å². The van der Waals surface area contributed by atoms with Crippen molar-refractivity contribution in [1.29, 1.82) is 0 Å². The van der Waals surface area contributed by atoms with E-state index in [4.69, 9.17) is 0 Å². The third kappa shape index (κ3) is 12.0. The van der Waals surface area contributed by atoms with Gasteiger partial charge in [-0.2, -0.15) is 0 Å². The van der Waals surface area contributed by atoms with Gasteiger partial charge in [-0.05, 0) is 33.4 Å². The Morgan fingerprint density at radius 3 is 0.591 bits per heavy atom. The van der Waals surface area contributed by atoms with Crippen LogP contribution in [0.1, 0.15) is 33.4 Å². The standard InChI is InChI=1S/C36H54N8/c1-2-32-4-3-31(1)25-37-13-19-43-21-15-39-27-33-5-9-35(10-6-33)29-41-17-23-44(20-14-38-26-32)24-18-42-30-36-11-7-34(8-12-36)28-40-16-22-43/h1-12,37-42H,13-30H2. The molecule has 12 aliphatic heterocycles. The fraction of sp³-hybridized carbons (Fsp3) is 0.500. The van der Waals surface area contributed by atoms with Crippen LogP contribution in [-0.4, -0.2) is 88.3 Å². The van der Waals surface area contributed by atoms with Crippen LogP contribution in [0.4, 0.5) is 0 Å². The second kappa shape index (κ2) is 19.0. The van der Waals surface area contributed by atoms with Gasteiger partial charge in [0.2, 0.25) is 0 Å².